The molecule has 4 rings (SSSR count). The van der Waals surface area contributed by atoms with Crippen molar-refractivity contribution in [2.75, 3.05) is 24.5 Å². The number of hydrogen-bond acceptors (Lipinski definition) is 2. The van der Waals surface area contributed by atoms with Crippen LogP contribution in [0.1, 0.15) is 27.5 Å². The molecule has 0 N–H and O–H groups in total. The van der Waals surface area contributed by atoms with Gasteiger partial charge in [0.2, 0.25) is 0 Å². The molecular weight excluding hydrogens is 434 g/mol. The first kappa shape index (κ1) is 21.4. The molecule has 1 unspecified atom stereocenters. The van der Waals surface area contributed by atoms with Crippen molar-refractivity contribution in [3.8, 4) is 0 Å². The molecule has 1 atom stereocenters. The number of halogens is 3. The van der Waals surface area contributed by atoms with Gasteiger partial charge in [-0.1, -0.05) is 48.0 Å². The van der Waals surface area contributed by atoms with E-state index in [0.29, 0.717) is 35.2 Å². The van der Waals surface area contributed by atoms with Crippen LogP contribution in [0, 0.1) is 5.82 Å². The van der Waals surface area contributed by atoms with E-state index in [1.807, 2.05) is 47.4 Å². The topological polar surface area (TPSA) is 23.6 Å². The van der Waals surface area contributed by atoms with Gasteiger partial charge in [-0.25, -0.2) is 4.39 Å². The van der Waals surface area contributed by atoms with Crippen molar-refractivity contribution >= 4 is 40.9 Å². The van der Waals surface area contributed by atoms with Gasteiger partial charge in [-0.15, -0.1) is 0 Å². The summed E-state index contributed by atoms with van der Waals surface area (Å²) in [6, 6.07) is 19.0. The summed E-state index contributed by atoms with van der Waals surface area (Å²) in [6.45, 7) is 5.58. The molecule has 1 fully saturated rings. The highest BCUT2D eigenvalue weighted by Crippen LogP contribution is 2.35. The second kappa shape index (κ2) is 9.13. The molecule has 1 amide bonds. The van der Waals surface area contributed by atoms with Crippen LogP contribution in [0.2, 0.25) is 10.0 Å². The molecule has 158 valence electrons. The fourth-order valence-corrected chi connectivity index (χ4v) is 4.26. The summed E-state index contributed by atoms with van der Waals surface area (Å²) in [5, 5.41) is 1.30. The van der Waals surface area contributed by atoms with E-state index in [2.05, 4.69) is 11.5 Å². The van der Waals surface area contributed by atoms with Gasteiger partial charge in [0.25, 0.3) is 5.91 Å². The summed E-state index contributed by atoms with van der Waals surface area (Å²) < 4.78 is 13.3. The van der Waals surface area contributed by atoms with Gasteiger partial charge in [0.1, 0.15) is 5.82 Å². The van der Waals surface area contributed by atoms with Gasteiger partial charge in [0, 0.05) is 40.9 Å². The number of benzene rings is 3. The largest absolute Gasteiger partial charge is 0.360 e. The van der Waals surface area contributed by atoms with E-state index >= 15 is 0 Å². The molecule has 1 aliphatic heterocycles. The number of piperazine rings is 1. The molecule has 0 bridgehead atoms. The third kappa shape index (κ3) is 4.60. The Morgan fingerprint density at radius 1 is 0.968 bits per heavy atom. The number of hydrogen-bond donors (Lipinski definition) is 0. The minimum Gasteiger partial charge on any atom is -0.360 e. The highest BCUT2D eigenvalue weighted by molar-refractivity contribution is 6.31. The number of amides is 1. The molecule has 0 aliphatic carbocycles. The molecule has 3 nitrogen and oxygen atoms in total. The van der Waals surface area contributed by atoms with Crippen LogP contribution < -0.4 is 4.90 Å². The summed E-state index contributed by atoms with van der Waals surface area (Å²) in [4.78, 5) is 17.2. The second-order valence-electron chi connectivity index (χ2n) is 7.43. The normalized spacial score (nSPS) is 16.3. The lowest BCUT2D eigenvalue weighted by Gasteiger charge is -2.43. The zero-order valence-electron chi connectivity index (χ0n) is 16.8. The number of carbonyl (C=O) groups excluding carboxylic acids is 1. The molecule has 1 saturated heterocycles. The first-order valence-electron chi connectivity index (χ1n) is 9.95. The molecule has 3 aromatic carbocycles. The Bertz CT molecular complexity index is 1100. The second-order valence-corrected chi connectivity index (χ2v) is 8.30. The quantitative estimate of drug-likeness (QED) is 0.450. The maximum Gasteiger partial charge on any atom is 0.253 e. The molecule has 0 spiro atoms. The van der Waals surface area contributed by atoms with E-state index in [1.165, 1.54) is 24.3 Å². The number of anilines is 1. The van der Waals surface area contributed by atoms with E-state index in [4.69, 9.17) is 23.2 Å². The maximum absolute atomic E-state index is 13.3. The average Bonchev–Trinajstić information content (AvgIpc) is 2.79. The highest BCUT2D eigenvalue weighted by Gasteiger charge is 2.32. The Kier molecular flexibility index (Phi) is 6.30. The molecule has 1 aliphatic rings. The summed E-state index contributed by atoms with van der Waals surface area (Å²) in [6.07, 6.45) is 1.79. The van der Waals surface area contributed by atoms with E-state index in [0.717, 1.165) is 16.8 Å². The zero-order chi connectivity index (χ0) is 22.0. The van der Waals surface area contributed by atoms with E-state index in [9.17, 15) is 9.18 Å². The smallest absolute Gasteiger partial charge is 0.253 e. The van der Waals surface area contributed by atoms with Crippen LogP contribution in [0.5, 0.6) is 0 Å². The van der Waals surface area contributed by atoms with Crippen molar-refractivity contribution in [2.24, 2.45) is 0 Å². The Morgan fingerprint density at radius 3 is 2.32 bits per heavy atom. The van der Waals surface area contributed by atoms with E-state index < -0.39 is 0 Å². The highest BCUT2D eigenvalue weighted by atomic mass is 35.5. The Morgan fingerprint density at radius 2 is 1.65 bits per heavy atom. The first-order valence-corrected chi connectivity index (χ1v) is 10.7. The molecule has 0 radical (unpaired) electrons. The van der Waals surface area contributed by atoms with Gasteiger partial charge in [-0.3, -0.25) is 4.79 Å². The molecule has 0 aromatic heterocycles. The first-order chi connectivity index (χ1) is 15.0. The van der Waals surface area contributed by atoms with Crippen LogP contribution in [0.3, 0.4) is 0 Å². The standard InChI is InChI=1S/C25H21Cl2FN2O/c1-2-17-15-21(27)9-12-23(17)30-14-13-29(25(31)19-5-10-22(28)11-6-19)16-24(30)18-3-7-20(26)8-4-18/h2-12,15,24H,1,13-14,16H2. The zero-order valence-corrected chi connectivity index (χ0v) is 18.3. The molecule has 31 heavy (non-hydrogen) atoms. The van der Waals surface area contributed by atoms with Crippen molar-refractivity contribution in [1.82, 2.24) is 4.90 Å². The fourth-order valence-electron chi connectivity index (χ4n) is 3.95. The lowest BCUT2D eigenvalue weighted by atomic mass is 9.99. The molecule has 0 saturated carbocycles. The predicted molar refractivity (Wildman–Crippen MR) is 125 cm³/mol. The maximum atomic E-state index is 13.3. The van der Waals surface area contributed by atoms with Gasteiger partial charge in [-0.2, -0.15) is 0 Å². The number of carbonyl (C=O) groups is 1. The molecule has 1 heterocycles. The summed E-state index contributed by atoms with van der Waals surface area (Å²) in [5.74, 6) is -0.473. The summed E-state index contributed by atoms with van der Waals surface area (Å²) in [5.41, 5.74) is 3.46. The Labute approximate surface area is 191 Å². The molecule has 6 heteroatoms. The minimum atomic E-state index is -0.361. The number of rotatable bonds is 4. The van der Waals surface area contributed by atoms with E-state index in [1.54, 1.807) is 6.08 Å². The van der Waals surface area contributed by atoms with Crippen LogP contribution in [0.4, 0.5) is 10.1 Å². The van der Waals surface area contributed by atoms with Crippen molar-refractivity contribution in [3.63, 3.8) is 0 Å². The van der Waals surface area contributed by atoms with E-state index in [-0.39, 0.29) is 17.8 Å². The minimum absolute atomic E-state index is 0.0877. The summed E-state index contributed by atoms with van der Waals surface area (Å²) in [7, 11) is 0. The van der Waals surface area contributed by atoms with Gasteiger partial charge in [0.05, 0.1) is 6.04 Å². The predicted octanol–water partition coefficient (Wildman–Crippen LogP) is 6.48. The number of nitrogens with zero attached hydrogens (tertiary/aromatic N) is 2. The SMILES string of the molecule is C=Cc1cc(Cl)ccc1N1CCN(C(=O)c2ccc(F)cc2)CC1c1ccc(Cl)cc1. The van der Waals surface area contributed by atoms with Crippen LogP contribution in [0.15, 0.2) is 73.3 Å². The molecular formula is C25H21Cl2FN2O. The van der Waals surface area contributed by atoms with Gasteiger partial charge in [-0.05, 0) is 65.7 Å². The monoisotopic (exact) mass is 454 g/mol. The molecule has 3 aromatic rings. The van der Waals surface area contributed by atoms with Crippen LogP contribution in [-0.4, -0.2) is 30.4 Å². The van der Waals surface area contributed by atoms with Gasteiger partial charge >= 0.3 is 0 Å². The van der Waals surface area contributed by atoms with Crippen LogP contribution in [0.25, 0.3) is 6.08 Å². The average molecular weight is 455 g/mol. The lowest BCUT2D eigenvalue weighted by molar-refractivity contribution is 0.0722. The Balaban J connectivity index is 1.69. The van der Waals surface area contributed by atoms with Crippen LogP contribution >= 0.6 is 23.2 Å². The van der Waals surface area contributed by atoms with Gasteiger partial charge in [0.15, 0.2) is 0 Å². The van der Waals surface area contributed by atoms with Crippen molar-refractivity contribution in [2.45, 2.75) is 6.04 Å². The Hall–Kier alpha value is -2.82. The fraction of sp³-hybridized carbons (Fsp3) is 0.160. The van der Waals surface area contributed by atoms with Crippen molar-refractivity contribution in [1.29, 1.82) is 0 Å². The van der Waals surface area contributed by atoms with Gasteiger partial charge < -0.3 is 9.80 Å². The lowest BCUT2D eigenvalue weighted by Crippen LogP contribution is -2.50. The van der Waals surface area contributed by atoms with Crippen molar-refractivity contribution < 1.29 is 9.18 Å². The third-order valence-corrected chi connectivity index (χ3v) is 6.02. The third-order valence-electron chi connectivity index (χ3n) is 5.53. The summed E-state index contributed by atoms with van der Waals surface area (Å²) >= 11 is 12.3. The van der Waals surface area contributed by atoms with Crippen molar-refractivity contribution in [3.05, 3.63) is 106 Å². The van der Waals surface area contributed by atoms with Crippen LogP contribution in [-0.2, 0) is 0 Å².